The normalized spacial score (nSPS) is 9.94. The number of hydrogen-bond donors (Lipinski definition) is 2. The Hall–Kier alpha value is -1.65. The topological polar surface area (TPSA) is 41.1 Å². The van der Waals surface area contributed by atoms with Gasteiger partial charge in [0.05, 0.1) is 5.69 Å². The van der Waals surface area contributed by atoms with Crippen LogP contribution in [0.15, 0.2) is 18.2 Å². The second-order valence-corrected chi connectivity index (χ2v) is 3.30. The van der Waals surface area contributed by atoms with E-state index in [9.17, 15) is 13.6 Å². The molecule has 0 atom stereocenters. The molecule has 0 aromatic heterocycles. The van der Waals surface area contributed by atoms with E-state index in [-0.39, 0.29) is 11.6 Å². The first-order chi connectivity index (χ1) is 7.65. The van der Waals surface area contributed by atoms with Gasteiger partial charge in [0.15, 0.2) is 11.6 Å². The summed E-state index contributed by atoms with van der Waals surface area (Å²) >= 11 is 0. The first-order valence-corrected chi connectivity index (χ1v) is 5.03. The molecule has 0 fully saturated rings. The van der Waals surface area contributed by atoms with E-state index in [0.29, 0.717) is 19.4 Å². The molecule has 0 radical (unpaired) electrons. The number of anilines is 1. The summed E-state index contributed by atoms with van der Waals surface area (Å²) in [6, 6.07) is 3.95. The van der Waals surface area contributed by atoms with Gasteiger partial charge in [0.25, 0.3) is 0 Å². The Morgan fingerprint density at radius 1 is 1.38 bits per heavy atom. The van der Waals surface area contributed by atoms with Crippen LogP contribution in [-0.2, 0) is 4.79 Å². The third-order valence-electron chi connectivity index (χ3n) is 2.13. The monoisotopic (exact) mass is 228 g/mol. The van der Waals surface area contributed by atoms with E-state index in [0.717, 1.165) is 6.07 Å². The SMILES string of the molecule is CNC(=O)CCCNc1cccc(F)c1F. The minimum atomic E-state index is -0.887. The number of amides is 1. The Labute approximate surface area is 92.8 Å². The third kappa shape index (κ3) is 3.49. The van der Waals surface area contributed by atoms with Crippen LogP contribution >= 0.6 is 0 Å². The van der Waals surface area contributed by atoms with E-state index in [2.05, 4.69) is 10.6 Å². The summed E-state index contributed by atoms with van der Waals surface area (Å²) in [5.74, 6) is -1.83. The first kappa shape index (κ1) is 12.4. The molecule has 1 aromatic rings. The molecule has 16 heavy (non-hydrogen) atoms. The van der Waals surface area contributed by atoms with E-state index in [1.165, 1.54) is 12.1 Å². The Bertz CT molecular complexity index is 369. The minimum absolute atomic E-state index is 0.0680. The molecule has 0 aliphatic heterocycles. The summed E-state index contributed by atoms with van der Waals surface area (Å²) < 4.78 is 25.9. The molecule has 3 nitrogen and oxygen atoms in total. The van der Waals surface area contributed by atoms with E-state index in [1.54, 1.807) is 7.05 Å². The molecular weight excluding hydrogens is 214 g/mol. The molecule has 0 unspecified atom stereocenters. The van der Waals surface area contributed by atoms with Crippen molar-refractivity contribution in [3.63, 3.8) is 0 Å². The second kappa shape index (κ2) is 6.05. The van der Waals surface area contributed by atoms with Gasteiger partial charge in [-0.15, -0.1) is 0 Å². The zero-order valence-electron chi connectivity index (χ0n) is 9.02. The fourth-order valence-corrected chi connectivity index (χ4v) is 1.24. The van der Waals surface area contributed by atoms with Crippen molar-refractivity contribution in [1.82, 2.24) is 5.32 Å². The lowest BCUT2D eigenvalue weighted by molar-refractivity contribution is -0.120. The van der Waals surface area contributed by atoms with Crippen LogP contribution in [0.25, 0.3) is 0 Å². The lowest BCUT2D eigenvalue weighted by atomic mass is 10.2. The van der Waals surface area contributed by atoms with Crippen LogP contribution in [-0.4, -0.2) is 19.5 Å². The van der Waals surface area contributed by atoms with Crippen molar-refractivity contribution >= 4 is 11.6 Å². The summed E-state index contributed by atoms with van der Waals surface area (Å²) in [5, 5.41) is 5.22. The average Bonchev–Trinajstić information content (AvgIpc) is 2.29. The van der Waals surface area contributed by atoms with Gasteiger partial charge in [-0.2, -0.15) is 0 Å². The molecule has 2 N–H and O–H groups in total. The third-order valence-corrected chi connectivity index (χ3v) is 2.13. The summed E-state index contributed by atoms with van der Waals surface area (Å²) in [6.45, 7) is 0.424. The number of rotatable bonds is 5. The fraction of sp³-hybridized carbons (Fsp3) is 0.364. The summed E-state index contributed by atoms with van der Waals surface area (Å²) in [7, 11) is 1.56. The maximum atomic E-state index is 13.1. The lowest BCUT2D eigenvalue weighted by Gasteiger charge is -2.07. The van der Waals surface area contributed by atoms with Gasteiger partial charge in [-0.1, -0.05) is 6.07 Å². The van der Waals surface area contributed by atoms with Crippen LogP contribution in [0.3, 0.4) is 0 Å². The predicted octanol–water partition coefficient (Wildman–Crippen LogP) is 1.90. The largest absolute Gasteiger partial charge is 0.383 e. The van der Waals surface area contributed by atoms with Gasteiger partial charge >= 0.3 is 0 Å². The van der Waals surface area contributed by atoms with E-state index in [1.807, 2.05) is 0 Å². The van der Waals surface area contributed by atoms with Crippen molar-refractivity contribution in [1.29, 1.82) is 0 Å². The summed E-state index contributed by atoms with van der Waals surface area (Å²) in [4.78, 5) is 10.9. The molecule has 0 bridgehead atoms. The highest BCUT2D eigenvalue weighted by atomic mass is 19.2. The Morgan fingerprint density at radius 3 is 2.81 bits per heavy atom. The average molecular weight is 228 g/mol. The van der Waals surface area contributed by atoms with Crippen molar-refractivity contribution in [2.24, 2.45) is 0 Å². The van der Waals surface area contributed by atoms with Gasteiger partial charge in [-0.3, -0.25) is 4.79 Å². The highest BCUT2D eigenvalue weighted by molar-refractivity contribution is 5.75. The number of carbonyl (C=O) groups is 1. The van der Waals surface area contributed by atoms with E-state index < -0.39 is 11.6 Å². The zero-order chi connectivity index (χ0) is 12.0. The van der Waals surface area contributed by atoms with Crippen molar-refractivity contribution < 1.29 is 13.6 Å². The van der Waals surface area contributed by atoms with E-state index in [4.69, 9.17) is 0 Å². The molecule has 1 rings (SSSR count). The van der Waals surface area contributed by atoms with Crippen LogP contribution in [0.1, 0.15) is 12.8 Å². The van der Waals surface area contributed by atoms with Crippen molar-refractivity contribution in [2.45, 2.75) is 12.8 Å². The molecule has 0 saturated heterocycles. The van der Waals surface area contributed by atoms with Crippen molar-refractivity contribution in [3.8, 4) is 0 Å². The molecule has 0 saturated carbocycles. The predicted molar refractivity (Wildman–Crippen MR) is 58.1 cm³/mol. The van der Waals surface area contributed by atoms with Crippen LogP contribution in [0.2, 0.25) is 0 Å². The fourth-order valence-electron chi connectivity index (χ4n) is 1.24. The lowest BCUT2D eigenvalue weighted by Crippen LogP contribution is -2.18. The Balaban J connectivity index is 2.38. The van der Waals surface area contributed by atoms with Gasteiger partial charge in [0.1, 0.15) is 0 Å². The number of carbonyl (C=O) groups excluding carboxylic acids is 1. The molecule has 5 heteroatoms. The maximum Gasteiger partial charge on any atom is 0.219 e. The quantitative estimate of drug-likeness (QED) is 0.756. The Kier molecular flexibility index (Phi) is 4.69. The Morgan fingerprint density at radius 2 is 2.12 bits per heavy atom. The van der Waals surface area contributed by atoms with Gasteiger partial charge in [-0.25, -0.2) is 8.78 Å². The van der Waals surface area contributed by atoms with Crippen molar-refractivity contribution in [3.05, 3.63) is 29.8 Å². The summed E-state index contributed by atoms with van der Waals surface area (Å²) in [6.07, 6.45) is 0.927. The second-order valence-electron chi connectivity index (χ2n) is 3.30. The van der Waals surface area contributed by atoms with Crippen LogP contribution in [0, 0.1) is 11.6 Å². The van der Waals surface area contributed by atoms with E-state index >= 15 is 0 Å². The van der Waals surface area contributed by atoms with Crippen LogP contribution < -0.4 is 10.6 Å². The highest BCUT2D eigenvalue weighted by Crippen LogP contribution is 2.16. The molecule has 0 heterocycles. The highest BCUT2D eigenvalue weighted by Gasteiger charge is 2.06. The smallest absolute Gasteiger partial charge is 0.219 e. The minimum Gasteiger partial charge on any atom is -0.383 e. The number of halogens is 2. The van der Waals surface area contributed by atoms with Gasteiger partial charge in [-0.05, 0) is 18.6 Å². The zero-order valence-corrected chi connectivity index (χ0v) is 9.02. The maximum absolute atomic E-state index is 13.1. The molecule has 1 aromatic carbocycles. The standard InChI is InChI=1S/C11H14F2N2O/c1-14-10(16)6-3-7-15-9-5-2-4-8(12)11(9)13/h2,4-5,15H,3,6-7H2,1H3,(H,14,16). The van der Waals surface area contributed by atoms with Gasteiger partial charge in [0.2, 0.25) is 5.91 Å². The molecule has 0 aliphatic rings. The first-order valence-electron chi connectivity index (χ1n) is 5.03. The van der Waals surface area contributed by atoms with Crippen LogP contribution in [0.5, 0.6) is 0 Å². The number of nitrogens with one attached hydrogen (secondary N) is 2. The van der Waals surface area contributed by atoms with Gasteiger partial charge in [0, 0.05) is 20.0 Å². The number of benzene rings is 1. The molecule has 0 aliphatic carbocycles. The molecule has 88 valence electrons. The molecular formula is C11H14F2N2O. The van der Waals surface area contributed by atoms with Gasteiger partial charge < -0.3 is 10.6 Å². The number of hydrogen-bond acceptors (Lipinski definition) is 2. The summed E-state index contributed by atoms with van der Waals surface area (Å²) in [5.41, 5.74) is 0.122. The molecule has 0 spiro atoms. The van der Waals surface area contributed by atoms with Crippen molar-refractivity contribution in [2.75, 3.05) is 18.9 Å². The molecule has 1 amide bonds. The van der Waals surface area contributed by atoms with Crippen LogP contribution in [0.4, 0.5) is 14.5 Å².